The zero-order valence-corrected chi connectivity index (χ0v) is 60.4. The summed E-state index contributed by atoms with van der Waals surface area (Å²) in [5, 5.41) is 7.21. The minimum absolute atomic E-state index is 0. The molecule has 0 amide bonds. The van der Waals surface area contributed by atoms with Gasteiger partial charge < -0.3 is 18.3 Å². The van der Waals surface area contributed by atoms with E-state index < -0.39 is 0 Å². The number of halogens is 4. The molecule has 0 bridgehead atoms. The van der Waals surface area contributed by atoms with Gasteiger partial charge in [0.25, 0.3) is 22.2 Å². The summed E-state index contributed by atoms with van der Waals surface area (Å²) in [5.74, 6) is 14.8. The van der Waals surface area contributed by atoms with E-state index in [1.54, 1.807) is 24.7 Å². The quantitative estimate of drug-likeness (QED) is 0.138. The van der Waals surface area contributed by atoms with Gasteiger partial charge in [0.2, 0.25) is 0 Å². The predicted octanol–water partition coefficient (Wildman–Crippen LogP) is 16.9. The van der Waals surface area contributed by atoms with Crippen molar-refractivity contribution >= 4 is 99.8 Å². The van der Waals surface area contributed by atoms with Crippen molar-refractivity contribution in [3.63, 3.8) is 0 Å². The van der Waals surface area contributed by atoms with Gasteiger partial charge in [-0.05, 0) is 240 Å². The molecule has 11 heterocycles. The highest BCUT2D eigenvalue weighted by molar-refractivity contribution is 9.10. The van der Waals surface area contributed by atoms with Crippen LogP contribution in [0.5, 0.6) is 0 Å². The van der Waals surface area contributed by atoms with Gasteiger partial charge in [-0.2, -0.15) is 0 Å². The maximum Gasteiger partial charge on any atom is 0.258 e. The molecule has 15 rings (SSSR count). The third kappa shape index (κ3) is 17.3. The first-order valence-corrected chi connectivity index (χ1v) is 33.7. The van der Waals surface area contributed by atoms with Crippen molar-refractivity contribution in [3.05, 3.63) is 272 Å². The van der Waals surface area contributed by atoms with Crippen LogP contribution in [-0.4, -0.2) is 33.2 Å². The molecule has 490 valence electrons. The topological polar surface area (TPSA) is 127 Å². The minimum atomic E-state index is 0. The SMILES string of the molecule is C#Cc1ccccn1.CC1(C)CCc2cc3cc(Br)ccc3c(=O)n2C1.CC1(C)CCc2cc3cc(C#Cc4ccccn4)ccc3c(=O)n2C1.CC1(C)CCn2c(cc3cc(Br)ccc3c2=O)C1.CC1(C)CCn2c(cc3cc(C#Cc4ccccn4)ccc3c2=O)C1.Cl.Cl. The van der Waals surface area contributed by atoms with Crippen molar-refractivity contribution in [3.8, 4) is 36.0 Å². The Morgan fingerprint density at radius 2 is 0.729 bits per heavy atom. The van der Waals surface area contributed by atoms with Crippen LogP contribution in [0.2, 0.25) is 0 Å². The lowest BCUT2D eigenvalue weighted by molar-refractivity contribution is 0.245. The van der Waals surface area contributed by atoms with Gasteiger partial charge in [0.1, 0.15) is 17.1 Å². The van der Waals surface area contributed by atoms with Gasteiger partial charge in [-0.15, -0.1) is 31.2 Å². The highest BCUT2D eigenvalue weighted by Crippen LogP contribution is 2.35. The van der Waals surface area contributed by atoms with Crippen LogP contribution >= 0.6 is 56.7 Å². The Morgan fingerprint density at radius 1 is 0.385 bits per heavy atom. The second-order valence-electron chi connectivity index (χ2n) is 28.1. The van der Waals surface area contributed by atoms with E-state index in [1.807, 2.05) is 140 Å². The van der Waals surface area contributed by atoms with E-state index in [1.165, 1.54) is 11.4 Å². The van der Waals surface area contributed by atoms with E-state index in [0.717, 1.165) is 163 Å². The maximum atomic E-state index is 12.9. The lowest BCUT2D eigenvalue weighted by Gasteiger charge is -2.32. The standard InChI is InChI=1S/2C22H20N2O.2C15H16BrNO.C7H5N.2ClH/c1-22(2)11-10-19-14-17-13-16(6-8-18-5-3-4-12-23-18)7-9-20(17)21(25)24(19)15-22;1-22(2)10-12-24-19(15-22)14-17-13-16(7-9-20(17)21(24)25)6-8-18-5-3-4-11-23-18;1-15(2)5-6-17-12(9-15)8-10-7-11(16)3-4-13(10)14(17)18;1-15(2)6-5-12-8-10-7-11(16)3-4-13(10)14(18)17(12)9-15;1-2-7-5-3-4-6-8-7;;/h3-5,7,9,12-14H,10-11,15H2,1-2H3;3-5,7,9,11,13-14H,10,12,15H2,1-2H3;2*3-4,7-8H,5-6,9H2,1-2H3;1,3-6H;2*1H. The van der Waals surface area contributed by atoms with Crippen molar-refractivity contribution in [2.75, 3.05) is 0 Å². The summed E-state index contributed by atoms with van der Waals surface area (Å²) in [6.07, 6.45) is 18.4. The summed E-state index contributed by atoms with van der Waals surface area (Å²) < 4.78 is 9.84. The molecule has 0 N–H and O–H groups in total. The second-order valence-corrected chi connectivity index (χ2v) is 29.9. The van der Waals surface area contributed by atoms with E-state index in [-0.39, 0.29) is 63.3 Å². The van der Waals surface area contributed by atoms with E-state index in [9.17, 15) is 19.2 Å². The van der Waals surface area contributed by atoms with Crippen LogP contribution < -0.4 is 22.2 Å². The number of nitrogens with zero attached hydrogens (tertiary/aromatic N) is 7. The van der Waals surface area contributed by atoms with Crippen LogP contribution in [0.25, 0.3) is 43.1 Å². The maximum absolute atomic E-state index is 12.9. The number of rotatable bonds is 0. The molecular weight excluding hydrogens is 1370 g/mol. The van der Waals surface area contributed by atoms with Crippen LogP contribution in [0, 0.1) is 57.7 Å². The third-order valence-corrected chi connectivity index (χ3v) is 19.1. The van der Waals surface area contributed by atoms with Gasteiger partial charge >= 0.3 is 0 Å². The van der Waals surface area contributed by atoms with Gasteiger partial charge in [0.05, 0.1) is 0 Å². The first kappa shape index (κ1) is 71.7. The predicted molar refractivity (Wildman–Crippen MR) is 404 cm³/mol. The number of benzene rings is 4. The van der Waals surface area contributed by atoms with Crippen LogP contribution in [0.15, 0.2) is 198 Å². The highest BCUT2D eigenvalue weighted by Gasteiger charge is 2.30. The third-order valence-electron chi connectivity index (χ3n) is 18.2. The fourth-order valence-electron chi connectivity index (χ4n) is 12.8. The van der Waals surface area contributed by atoms with Gasteiger partial charge in [-0.25, -0.2) is 15.0 Å². The Labute approximate surface area is 591 Å². The fraction of sp³-hybridized carbons (Fsp3) is 0.296. The fourth-order valence-corrected chi connectivity index (χ4v) is 13.6. The van der Waals surface area contributed by atoms with Crippen LogP contribution in [0.4, 0.5) is 0 Å². The molecule has 0 spiro atoms. The Morgan fingerprint density at radius 3 is 1.08 bits per heavy atom. The van der Waals surface area contributed by atoms with Gasteiger partial charge in [-0.3, -0.25) is 19.2 Å². The number of pyridine rings is 7. The Balaban J connectivity index is 0.000000145. The van der Waals surface area contributed by atoms with E-state index in [2.05, 4.69) is 156 Å². The molecule has 96 heavy (non-hydrogen) atoms. The molecule has 4 aliphatic heterocycles. The summed E-state index contributed by atoms with van der Waals surface area (Å²) >= 11 is 6.93. The van der Waals surface area contributed by atoms with Crippen molar-refractivity contribution in [2.24, 2.45) is 21.7 Å². The monoisotopic (exact) mass is 1440 g/mol. The van der Waals surface area contributed by atoms with E-state index >= 15 is 0 Å². The average Bonchev–Trinajstić information content (AvgIpc) is 0.787. The largest absolute Gasteiger partial charge is 0.312 e. The second kappa shape index (κ2) is 30.2. The summed E-state index contributed by atoms with van der Waals surface area (Å²) in [4.78, 5) is 62.9. The molecule has 0 radical (unpaired) electrons. The number of terminal acetylenes is 1. The van der Waals surface area contributed by atoms with Crippen LogP contribution in [-0.2, 0) is 51.9 Å². The number of aromatic nitrogens is 7. The van der Waals surface area contributed by atoms with Crippen LogP contribution in [0.1, 0.15) is 132 Å². The Kier molecular flexibility index (Phi) is 22.6. The first-order valence-electron chi connectivity index (χ1n) is 32.1. The minimum Gasteiger partial charge on any atom is -0.312 e. The Bertz CT molecular complexity index is 5140. The van der Waals surface area contributed by atoms with Crippen LogP contribution in [0.3, 0.4) is 0 Å². The molecule has 0 saturated heterocycles. The molecule has 0 atom stereocenters. The molecule has 0 aliphatic carbocycles. The van der Waals surface area contributed by atoms with Gasteiger partial charge in [0, 0.05) is 109 Å². The first-order chi connectivity index (χ1) is 44.9. The summed E-state index contributed by atoms with van der Waals surface area (Å²) in [6.45, 7) is 21.2. The molecular formula is C81H79Br2Cl2N7O4. The average molecular weight is 1450 g/mol. The van der Waals surface area contributed by atoms with Gasteiger partial charge in [0.15, 0.2) is 0 Å². The molecule has 11 nitrogen and oxygen atoms in total. The van der Waals surface area contributed by atoms with Crippen molar-refractivity contribution in [1.29, 1.82) is 0 Å². The van der Waals surface area contributed by atoms with E-state index in [4.69, 9.17) is 6.42 Å². The molecule has 4 aliphatic rings. The summed E-state index contributed by atoms with van der Waals surface area (Å²) in [5.41, 5.74) is 10.1. The number of fused-ring (bicyclic) bond motifs is 8. The molecule has 7 aromatic heterocycles. The number of hydrogen-bond donors (Lipinski definition) is 0. The number of aryl methyl sites for hydroxylation is 2. The summed E-state index contributed by atoms with van der Waals surface area (Å²) in [6, 6.07) is 48.9. The zero-order chi connectivity index (χ0) is 66.5. The lowest BCUT2D eigenvalue weighted by atomic mass is 9.81. The molecule has 0 fully saturated rings. The summed E-state index contributed by atoms with van der Waals surface area (Å²) in [7, 11) is 0. The number of hydrogen-bond acceptors (Lipinski definition) is 7. The van der Waals surface area contributed by atoms with E-state index in [0.29, 0.717) is 11.1 Å². The van der Waals surface area contributed by atoms with Crippen molar-refractivity contribution in [2.45, 2.75) is 133 Å². The molecule has 4 aromatic carbocycles. The smallest absolute Gasteiger partial charge is 0.258 e. The lowest BCUT2D eigenvalue weighted by Crippen LogP contribution is -2.35. The zero-order valence-electron chi connectivity index (χ0n) is 55.6. The normalized spacial score (nSPS) is 15.3. The van der Waals surface area contributed by atoms with Crippen molar-refractivity contribution in [1.82, 2.24) is 33.2 Å². The molecule has 0 saturated carbocycles. The van der Waals surface area contributed by atoms with Crippen molar-refractivity contribution < 1.29 is 0 Å². The molecule has 11 aromatic rings. The molecule has 15 heteroatoms. The molecule has 0 unspecified atom stereocenters. The van der Waals surface area contributed by atoms with Gasteiger partial charge in [-0.1, -0.05) is 123 Å². The highest BCUT2D eigenvalue weighted by atomic mass is 79.9. The Hall–Kier alpha value is -8.61.